The number of carbonyl (C=O) groups is 1. The van der Waals surface area contributed by atoms with Crippen LogP contribution in [-0.2, 0) is 14.3 Å². The number of ether oxygens (including phenoxy) is 2. The van der Waals surface area contributed by atoms with Gasteiger partial charge in [0.15, 0.2) is 0 Å². The quantitative estimate of drug-likeness (QED) is 0.327. The molecule has 28 heavy (non-hydrogen) atoms. The Labute approximate surface area is 169 Å². The molecular formula is C24H36O4. The van der Waals surface area contributed by atoms with Gasteiger partial charge in [-0.1, -0.05) is 25.5 Å². The third kappa shape index (κ3) is 3.12. The average molecular weight is 389 g/mol. The first kappa shape index (κ1) is 20.0. The molecule has 0 amide bonds. The number of rotatable bonds is 3. The van der Waals surface area contributed by atoms with Gasteiger partial charge >= 0.3 is 5.97 Å². The lowest BCUT2D eigenvalue weighted by Gasteiger charge is -2.58. The van der Waals surface area contributed by atoms with E-state index in [0.29, 0.717) is 11.8 Å². The maximum atomic E-state index is 11.3. The Bertz CT molecular complexity index is 693. The molecule has 0 spiro atoms. The van der Waals surface area contributed by atoms with Crippen molar-refractivity contribution in [3.05, 3.63) is 24.0 Å². The Kier molecular flexibility index (Phi) is 4.93. The maximum absolute atomic E-state index is 11.3. The summed E-state index contributed by atoms with van der Waals surface area (Å²) in [5.41, 5.74) is 1.43. The second-order valence-electron chi connectivity index (χ2n) is 10.5. The van der Waals surface area contributed by atoms with Crippen LogP contribution in [0.4, 0.5) is 0 Å². The van der Waals surface area contributed by atoms with Gasteiger partial charge in [0.25, 0.3) is 0 Å². The summed E-state index contributed by atoms with van der Waals surface area (Å²) in [6.45, 7) is 6.87. The summed E-state index contributed by atoms with van der Waals surface area (Å²) >= 11 is 0. The van der Waals surface area contributed by atoms with E-state index in [-0.39, 0.29) is 22.9 Å². The smallest absolute Gasteiger partial charge is 0.333 e. The van der Waals surface area contributed by atoms with E-state index in [0.717, 1.165) is 38.0 Å². The summed E-state index contributed by atoms with van der Waals surface area (Å²) in [6.07, 6.45) is 14.3. The van der Waals surface area contributed by atoms with Crippen molar-refractivity contribution >= 4 is 5.97 Å². The summed E-state index contributed by atoms with van der Waals surface area (Å²) in [6, 6.07) is 0. The third-order valence-corrected chi connectivity index (χ3v) is 8.94. The molecule has 0 aromatic carbocycles. The van der Waals surface area contributed by atoms with Crippen molar-refractivity contribution in [1.82, 2.24) is 0 Å². The molecule has 0 radical (unpaired) electrons. The molecule has 4 nitrogen and oxygen atoms in total. The molecule has 0 aromatic heterocycles. The molecule has 156 valence electrons. The van der Waals surface area contributed by atoms with E-state index in [9.17, 15) is 9.90 Å². The monoisotopic (exact) mass is 388 g/mol. The van der Waals surface area contributed by atoms with Crippen LogP contribution in [-0.4, -0.2) is 29.9 Å². The molecule has 0 heterocycles. The first-order chi connectivity index (χ1) is 13.2. The molecule has 4 aliphatic carbocycles. The number of carbonyl (C=O) groups excluding carboxylic acids is 1. The fourth-order valence-electron chi connectivity index (χ4n) is 7.24. The highest BCUT2D eigenvalue weighted by Gasteiger charge is 2.59. The summed E-state index contributed by atoms with van der Waals surface area (Å²) in [7, 11) is 1.39. The molecule has 4 aliphatic rings. The minimum absolute atomic E-state index is 0.184. The van der Waals surface area contributed by atoms with Crippen LogP contribution < -0.4 is 0 Å². The van der Waals surface area contributed by atoms with E-state index in [1.165, 1.54) is 38.0 Å². The number of hydrogen-bond donors (Lipinski definition) is 1. The van der Waals surface area contributed by atoms with Crippen molar-refractivity contribution in [3.63, 3.8) is 0 Å². The zero-order valence-corrected chi connectivity index (χ0v) is 17.9. The molecule has 7 atom stereocenters. The zero-order valence-electron chi connectivity index (χ0n) is 17.9. The lowest BCUT2D eigenvalue weighted by Crippen LogP contribution is -2.52. The van der Waals surface area contributed by atoms with E-state index in [2.05, 4.69) is 24.7 Å². The minimum atomic E-state index is -0.528. The average Bonchev–Trinajstić information content (AvgIpc) is 2.98. The van der Waals surface area contributed by atoms with Crippen LogP contribution in [0, 0.1) is 28.6 Å². The molecule has 0 aromatic rings. The van der Waals surface area contributed by atoms with Gasteiger partial charge < -0.3 is 14.6 Å². The Morgan fingerprint density at radius 1 is 1.14 bits per heavy atom. The summed E-state index contributed by atoms with van der Waals surface area (Å²) in [5.74, 6) is 1.76. The van der Waals surface area contributed by atoms with Crippen LogP contribution in [0.25, 0.3) is 0 Å². The standard InChI is InChI=1S/C24H36O4/c1-22(26)12-13-23(2)16(15-22)5-6-17-18-7-8-20(28-14-10-21(25)27-4)24(18,3)11-9-19(17)23/h5,10,14,17-20,26H,6-9,11-13,15H2,1-4H3/t17-,18-,19-,20-,22-,23-,24-/m0/s1. The highest BCUT2D eigenvalue weighted by atomic mass is 16.5. The van der Waals surface area contributed by atoms with Gasteiger partial charge in [0, 0.05) is 5.41 Å². The number of fused-ring (bicyclic) bond motifs is 5. The normalized spacial score (nSPS) is 47.7. The number of aliphatic hydroxyl groups is 1. The Morgan fingerprint density at radius 3 is 2.68 bits per heavy atom. The fourth-order valence-corrected chi connectivity index (χ4v) is 7.24. The minimum Gasteiger partial charge on any atom is -0.497 e. The molecule has 3 saturated carbocycles. The van der Waals surface area contributed by atoms with Crippen LogP contribution in [0.2, 0.25) is 0 Å². The highest BCUT2D eigenvalue weighted by molar-refractivity contribution is 5.81. The van der Waals surface area contributed by atoms with E-state index in [1.807, 2.05) is 6.92 Å². The fraction of sp³-hybridized carbons (Fsp3) is 0.792. The molecular weight excluding hydrogens is 352 g/mol. The Balaban J connectivity index is 1.52. The first-order valence-electron chi connectivity index (χ1n) is 11.0. The number of allylic oxidation sites excluding steroid dienone is 1. The van der Waals surface area contributed by atoms with Gasteiger partial charge in [-0.25, -0.2) is 4.79 Å². The van der Waals surface area contributed by atoms with Crippen molar-refractivity contribution in [2.45, 2.75) is 83.8 Å². The third-order valence-electron chi connectivity index (χ3n) is 8.94. The number of methoxy groups -OCH3 is 1. The molecule has 0 aliphatic heterocycles. The van der Waals surface area contributed by atoms with Gasteiger partial charge in [-0.2, -0.15) is 0 Å². The largest absolute Gasteiger partial charge is 0.497 e. The number of esters is 1. The van der Waals surface area contributed by atoms with Crippen LogP contribution in [0.1, 0.15) is 72.1 Å². The highest BCUT2D eigenvalue weighted by Crippen LogP contribution is 2.65. The van der Waals surface area contributed by atoms with Gasteiger partial charge in [0.2, 0.25) is 0 Å². The SMILES string of the molecule is COC(=O)C=CO[C@H]1CC[C@H]2[C@@H]3CC=C4C[C@@](C)(O)CC[C@]4(C)[C@H]3CC[C@]12C. The van der Waals surface area contributed by atoms with Crippen LogP contribution >= 0.6 is 0 Å². The van der Waals surface area contributed by atoms with E-state index in [4.69, 9.17) is 4.74 Å². The van der Waals surface area contributed by atoms with Crippen molar-refractivity contribution in [3.8, 4) is 0 Å². The summed E-state index contributed by atoms with van der Waals surface area (Å²) < 4.78 is 10.7. The molecule has 1 N–H and O–H groups in total. The van der Waals surface area contributed by atoms with Crippen molar-refractivity contribution in [2.24, 2.45) is 28.6 Å². The van der Waals surface area contributed by atoms with Gasteiger partial charge in [0.1, 0.15) is 6.10 Å². The number of hydrogen-bond acceptors (Lipinski definition) is 4. The first-order valence-corrected chi connectivity index (χ1v) is 11.0. The van der Waals surface area contributed by atoms with Crippen molar-refractivity contribution < 1.29 is 19.4 Å². The van der Waals surface area contributed by atoms with Gasteiger partial charge in [-0.05, 0) is 81.5 Å². The van der Waals surface area contributed by atoms with E-state index >= 15 is 0 Å². The second kappa shape index (κ2) is 6.90. The Morgan fingerprint density at radius 2 is 1.93 bits per heavy atom. The summed E-state index contributed by atoms with van der Waals surface area (Å²) in [4.78, 5) is 11.3. The van der Waals surface area contributed by atoms with E-state index in [1.54, 1.807) is 6.26 Å². The molecule has 4 heteroatoms. The van der Waals surface area contributed by atoms with Crippen LogP contribution in [0.5, 0.6) is 0 Å². The Hall–Kier alpha value is -1.29. The van der Waals surface area contributed by atoms with Crippen molar-refractivity contribution in [1.29, 1.82) is 0 Å². The molecule has 4 rings (SSSR count). The predicted molar refractivity (Wildman–Crippen MR) is 108 cm³/mol. The molecule has 0 saturated heterocycles. The van der Waals surface area contributed by atoms with E-state index < -0.39 is 5.60 Å². The summed E-state index contributed by atoms with van der Waals surface area (Å²) in [5, 5.41) is 10.6. The van der Waals surface area contributed by atoms with Gasteiger partial charge in [-0.15, -0.1) is 0 Å². The molecule has 3 fully saturated rings. The maximum Gasteiger partial charge on any atom is 0.333 e. The molecule has 0 bridgehead atoms. The predicted octanol–water partition coefficient (Wildman–Crippen LogP) is 4.77. The molecule has 0 unspecified atom stereocenters. The lowest BCUT2D eigenvalue weighted by molar-refractivity contribution is -0.135. The van der Waals surface area contributed by atoms with Crippen LogP contribution in [0.3, 0.4) is 0 Å². The zero-order chi connectivity index (χ0) is 20.2. The van der Waals surface area contributed by atoms with Gasteiger partial charge in [0.05, 0.1) is 25.0 Å². The van der Waals surface area contributed by atoms with Crippen LogP contribution in [0.15, 0.2) is 24.0 Å². The second-order valence-corrected chi connectivity index (χ2v) is 10.5. The lowest BCUT2D eigenvalue weighted by atomic mass is 9.47. The van der Waals surface area contributed by atoms with Crippen molar-refractivity contribution in [2.75, 3.05) is 7.11 Å². The topological polar surface area (TPSA) is 55.8 Å². The van der Waals surface area contributed by atoms with Gasteiger partial charge in [-0.3, -0.25) is 0 Å².